The zero-order valence-corrected chi connectivity index (χ0v) is 9.48. The molecule has 0 aliphatic carbocycles. The van der Waals surface area contributed by atoms with Gasteiger partial charge in [-0.15, -0.1) is 0 Å². The molecule has 7 heteroatoms. The zero-order valence-electron chi connectivity index (χ0n) is 9.48. The van der Waals surface area contributed by atoms with Crippen molar-refractivity contribution in [2.45, 2.75) is 19.9 Å². The number of hydrogen-bond donors (Lipinski definition) is 3. The lowest BCUT2D eigenvalue weighted by molar-refractivity contribution is 0.0939. The molecular weight excluding hydrogens is 228 g/mol. The summed E-state index contributed by atoms with van der Waals surface area (Å²) < 4.78 is 17.9. The van der Waals surface area contributed by atoms with Crippen LogP contribution in [0.3, 0.4) is 0 Å². The molecule has 5 nitrogen and oxygen atoms in total. The highest BCUT2D eigenvalue weighted by molar-refractivity contribution is 6.33. The highest BCUT2D eigenvalue weighted by Crippen LogP contribution is 2.17. The number of nitrogens with one attached hydrogen (secondary N) is 1. The average Bonchev–Trinajstić information content (AvgIpc) is 2.14. The van der Waals surface area contributed by atoms with Crippen LogP contribution in [0, 0.1) is 5.82 Å². The molecule has 0 heterocycles. The van der Waals surface area contributed by atoms with Crippen molar-refractivity contribution in [1.82, 2.24) is 5.32 Å². The van der Waals surface area contributed by atoms with Crippen molar-refractivity contribution in [1.29, 1.82) is 0 Å². The Hall–Kier alpha value is -1.60. The van der Waals surface area contributed by atoms with Crippen molar-refractivity contribution < 1.29 is 23.9 Å². The number of halogens is 1. The number of carbonyl (C=O) groups excluding carboxylic acids is 1. The van der Waals surface area contributed by atoms with Gasteiger partial charge in [0.1, 0.15) is 11.6 Å². The SMILES string of the molecule is CC(C)NC(=O)c1ccc(OB(O)O)cc1F. The summed E-state index contributed by atoms with van der Waals surface area (Å²) in [5.74, 6) is -1.39. The molecule has 92 valence electrons. The minimum absolute atomic E-state index is 0.0707. The van der Waals surface area contributed by atoms with E-state index in [-0.39, 0.29) is 17.4 Å². The highest BCUT2D eigenvalue weighted by Gasteiger charge is 2.16. The first-order valence-electron chi connectivity index (χ1n) is 5.03. The van der Waals surface area contributed by atoms with Gasteiger partial charge in [-0.25, -0.2) is 4.39 Å². The second-order valence-corrected chi connectivity index (χ2v) is 3.71. The number of hydrogen-bond acceptors (Lipinski definition) is 4. The summed E-state index contributed by atoms with van der Waals surface area (Å²) in [6, 6.07) is 3.30. The quantitative estimate of drug-likeness (QED) is 0.663. The summed E-state index contributed by atoms with van der Waals surface area (Å²) in [7, 11) is -2.02. The Morgan fingerprint density at radius 3 is 2.59 bits per heavy atom. The topological polar surface area (TPSA) is 78.8 Å². The van der Waals surface area contributed by atoms with Crippen molar-refractivity contribution >= 4 is 13.2 Å². The summed E-state index contributed by atoms with van der Waals surface area (Å²) >= 11 is 0. The summed E-state index contributed by atoms with van der Waals surface area (Å²) in [6.45, 7) is 3.52. The molecule has 0 saturated heterocycles. The van der Waals surface area contributed by atoms with Crippen molar-refractivity contribution in [3.63, 3.8) is 0 Å². The molecule has 1 rings (SSSR count). The third-order valence-electron chi connectivity index (χ3n) is 1.85. The van der Waals surface area contributed by atoms with Crippen LogP contribution in [0.25, 0.3) is 0 Å². The van der Waals surface area contributed by atoms with E-state index in [1.165, 1.54) is 12.1 Å². The van der Waals surface area contributed by atoms with Crippen LogP contribution < -0.4 is 9.97 Å². The molecule has 0 saturated carbocycles. The van der Waals surface area contributed by atoms with Crippen LogP contribution >= 0.6 is 0 Å². The van der Waals surface area contributed by atoms with E-state index < -0.39 is 19.0 Å². The molecule has 1 aromatic rings. The van der Waals surface area contributed by atoms with Gasteiger partial charge in [-0.05, 0) is 26.0 Å². The molecule has 3 N–H and O–H groups in total. The minimum Gasteiger partial charge on any atom is -0.512 e. The van der Waals surface area contributed by atoms with Gasteiger partial charge in [0, 0.05) is 12.1 Å². The second-order valence-electron chi connectivity index (χ2n) is 3.71. The van der Waals surface area contributed by atoms with Gasteiger partial charge >= 0.3 is 7.32 Å². The molecule has 1 amide bonds. The Morgan fingerprint density at radius 1 is 1.47 bits per heavy atom. The molecule has 0 unspecified atom stereocenters. The molecule has 0 aromatic heterocycles. The average molecular weight is 241 g/mol. The standard InChI is InChI=1S/C10H13BFNO4/c1-6(2)13-10(14)8-4-3-7(5-9(8)12)17-11(15)16/h3-6,15-16H,1-2H3,(H,13,14). The Morgan fingerprint density at radius 2 is 2.12 bits per heavy atom. The van der Waals surface area contributed by atoms with Gasteiger partial charge in [0.25, 0.3) is 5.91 Å². The molecule has 17 heavy (non-hydrogen) atoms. The second kappa shape index (κ2) is 5.65. The first-order valence-corrected chi connectivity index (χ1v) is 5.03. The third kappa shape index (κ3) is 4.05. The fourth-order valence-corrected chi connectivity index (χ4v) is 1.21. The maximum atomic E-state index is 13.5. The van der Waals surface area contributed by atoms with Crippen LogP contribution in [0.4, 0.5) is 4.39 Å². The van der Waals surface area contributed by atoms with Crippen LogP contribution in [0.2, 0.25) is 0 Å². The molecule has 0 atom stereocenters. The lowest BCUT2D eigenvalue weighted by Gasteiger charge is -2.10. The van der Waals surface area contributed by atoms with Gasteiger partial charge in [0.2, 0.25) is 0 Å². The molecule has 0 spiro atoms. The summed E-state index contributed by atoms with van der Waals surface area (Å²) in [6.07, 6.45) is 0. The lowest BCUT2D eigenvalue weighted by atomic mass is 10.1. The maximum Gasteiger partial charge on any atom is 0.707 e. The summed E-state index contributed by atoms with van der Waals surface area (Å²) in [5, 5.41) is 19.6. The number of amides is 1. The molecule has 0 aliphatic rings. The zero-order chi connectivity index (χ0) is 13.0. The lowest BCUT2D eigenvalue weighted by Crippen LogP contribution is -2.30. The van der Waals surface area contributed by atoms with Gasteiger partial charge in [0.15, 0.2) is 0 Å². The van der Waals surface area contributed by atoms with Gasteiger partial charge in [-0.1, -0.05) is 0 Å². The van der Waals surface area contributed by atoms with Crippen LogP contribution in [-0.2, 0) is 0 Å². The Kier molecular flexibility index (Phi) is 4.48. The number of carbonyl (C=O) groups is 1. The molecular formula is C10H13BFNO4. The van der Waals surface area contributed by atoms with E-state index >= 15 is 0 Å². The molecule has 0 aliphatic heterocycles. The molecule has 0 fully saturated rings. The van der Waals surface area contributed by atoms with Crippen molar-refractivity contribution in [3.8, 4) is 5.75 Å². The van der Waals surface area contributed by atoms with Crippen LogP contribution in [0.15, 0.2) is 18.2 Å². The first-order chi connectivity index (χ1) is 7.90. The predicted molar refractivity (Wildman–Crippen MR) is 59.8 cm³/mol. The maximum absolute atomic E-state index is 13.5. The van der Waals surface area contributed by atoms with Gasteiger partial charge in [0.05, 0.1) is 5.56 Å². The molecule has 0 bridgehead atoms. The number of rotatable bonds is 4. The Balaban J connectivity index is 2.86. The smallest absolute Gasteiger partial charge is 0.512 e. The Labute approximate surface area is 98.4 Å². The van der Waals surface area contributed by atoms with E-state index in [1.807, 2.05) is 0 Å². The minimum atomic E-state index is -2.02. The highest BCUT2D eigenvalue weighted by atomic mass is 19.1. The summed E-state index contributed by atoms with van der Waals surface area (Å²) in [4.78, 5) is 11.5. The fourth-order valence-electron chi connectivity index (χ4n) is 1.21. The van der Waals surface area contributed by atoms with Crippen molar-refractivity contribution in [2.75, 3.05) is 0 Å². The largest absolute Gasteiger partial charge is 0.707 e. The van der Waals surface area contributed by atoms with Crippen molar-refractivity contribution in [2.24, 2.45) is 0 Å². The van der Waals surface area contributed by atoms with E-state index in [2.05, 4.69) is 9.97 Å². The van der Waals surface area contributed by atoms with E-state index in [0.29, 0.717) is 0 Å². The molecule has 0 radical (unpaired) electrons. The van der Waals surface area contributed by atoms with Gasteiger partial charge in [-0.3, -0.25) is 4.79 Å². The van der Waals surface area contributed by atoms with E-state index in [9.17, 15) is 9.18 Å². The number of benzene rings is 1. The van der Waals surface area contributed by atoms with Gasteiger partial charge in [-0.2, -0.15) is 0 Å². The van der Waals surface area contributed by atoms with Crippen LogP contribution in [0.1, 0.15) is 24.2 Å². The van der Waals surface area contributed by atoms with Gasteiger partial charge < -0.3 is 20.0 Å². The summed E-state index contributed by atoms with van der Waals surface area (Å²) in [5.41, 5.74) is -0.126. The van der Waals surface area contributed by atoms with E-state index in [1.54, 1.807) is 13.8 Å². The fraction of sp³-hybridized carbons (Fsp3) is 0.300. The van der Waals surface area contributed by atoms with Crippen molar-refractivity contribution in [3.05, 3.63) is 29.6 Å². The van der Waals surface area contributed by atoms with E-state index in [4.69, 9.17) is 10.0 Å². The predicted octanol–water partition coefficient (Wildman–Crippen LogP) is 0.312. The normalized spacial score (nSPS) is 10.2. The Bertz CT molecular complexity index is 411. The third-order valence-corrected chi connectivity index (χ3v) is 1.85. The van der Waals surface area contributed by atoms with E-state index in [0.717, 1.165) is 6.07 Å². The monoisotopic (exact) mass is 241 g/mol. The molecule has 1 aromatic carbocycles. The first kappa shape index (κ1) is 13.5. The van der Waals surface area contributed by atoms with Crippen LogP contribution in [-0.4, -0.2) is 29.3 Å². The van der Waals surface area contributed by atoms with Crippen LogP contribution in [0.5, 0.6) is 5.75 Å².